The molecule has 0 aromatic heterocycles. The van der Waals surface area contributed by atoms with Gasteiger partial charge in [-0.15, -0.1) is 0 Å². The Balaban J connectivity index is 1.41. The Hall–Kier alpha value is -2.84. The number of hydrogen-bond donors (Lipinski definition) is 2. The van der Waals surface area contributed by atoms with Crippen molar-refractivity contribution in [1.29, 1.82) is 0 Å². The first kappa shape index (κ1) is 21.9. The van der Waals surface area contributed by atoms with Crippen LogP contribution in [0.1, 0.15) is 12.5 Å². The molecule has 2 aromatic carbocycles. The van der Waals surface area contributed by atoms with Gasteiger partial charge in [0.2, 0.25) is 11.8 Å². The zero-order valence-electron chi connectivity index (χ0n) is 16.9. The Bertz CT molecular complexity index is 871. The number of carbonyl (C=O) groups is 2. The van der Waals surface area contributed by atoms with Crippen LogP contribution in [0.5, 0.6) is 0 Å². The molecule has 0 bridgehead atoms. The van der Waals surface area contributed by atoms with Crippen molar-refractivity contribution in [2.45, 2.75) is 19.5 Å². The van der Waals surface area contributed by atoms with Crippen molar-refractivity contribution in [2.24, 2.45) is 0 Å². The second kappa shape index (κ2) is 10.3. The van der Waals surface area contributed by atoms with E-state index in [2.05, 4.69) is 15.5 Å². The summed E-state index contributed by atoms with van der Waals surface area (Å²) in [6, 6.07) is 12.6. The fraction of sp³-hybridized carbons (Fsp3) is 0.364. The number of amides is 2. The Morgan fingerprint density at radius 3 is 2.37 bits per heavy atom. The van der Waals surface area contributed by atoms with Crippen LogP contribution in [0.3, 0.4) is 0 Å². The average molecular weight is 416 g/mol. The molecule has 6 nitrogen and oxygen atoms in total. The molecule has 0 spiro atoms. The standard InChI is InChI=1S/C22H26F2N4O2/c1-16(22(30)26-18-7-8-19(23)20(24)13-18)28-11-9-27(10-12-28)15-21(29)25-14-17-5-3-2-4-6-17/h2-8,13,16H,9-12,14-15H2,1H3,(H,25,29)(H,26,30). The third-order valence-electron chi connectivity index (χ3n) is 5.22. The molecule has 0 aliphatic carbocycles. The summed E-state index contributed by atoms with van der Waals surface area (Å²) >= 11 is 0. The van der Waals surface area contributed by atoms with E-state index in [-0.39, 0.29) is 17.5 Å². The van der Waals surface area contributed by atoms with E-state index in [4.69, 9.17) is 0 Å². The molecule has 1 heterocycles. The lowest BCUT2D eigenvalue weighted by Gasteiger charge is -2.37. The van der Waals surface area contributed by atoms with Crippen molar-refractivity contribution in [1.82, 2.24) is 15.1 Å². The second-order valence-corrected chi connectivity index (χ2v) is 7.37. The van der Waals surface area contributed by atoms with Gasteiger partial charge in [0.25, 0.3) is 0 Å². The first-order valence-electron chi connectivity index (χ1n) is 9.95. The van der Waals surface area contributed by atoms with E-state index < -0.39 is 17.7 Å². The van der Waals surface area contributed by atoms with Gasteiger partial charge in [-0.2, -0.15) is 0 Å². The molecular weight excluding hydrogens is 390 g/mol. The van der Waals surface area contributed by atoms with Crippen LogP contribution in [0.4, 0.5) is 14.5 Å². The Labute approximate surface area is 174 Å². The summed E-state index contributed by atoms with van der Waals surface area (Å²) < 4.78 is 26.3. The lowest BCUT2D eigenvalue weighted by Crippen LogP contribution is -2.54. The minimum Gasteiger partial charge on any atom is -0.351 e. The van der Waals surface area contributed by atoms with Crippen molar-refractivity contribution in [3.63, 3.8) is 0 Å². The monoisotopic (exact) mass is 416 g/mol. The van der Waals surface area contributed by atoms with Crippen LogP contribution in [0.15, 0.2) is 48.5 Å². The highest BCUT2D eigenvalue weighted by atomic mass is 19.2. The zero-order valence-corrected chi connectivity index (χ0v) is 16.9. The normalized spacial score (nSPS) is 16.1. The predicted octanol–water partition coefficient (Wildman–Crippen LogP) is 2.23. The number of hydrogen-bond acceptors (Lipinski definition) is 4. The van der Waals surface area contributed by atoms with Gasteiger partial charge in [0.1, 0.15) is 0 Å². The summed E-state index contributed by atoms with van der Waals surface area (Å²) in [5.74, 6) is -2.27. The van der Waals surface area contributed by atoms with Gasteiger partial charge >= 0.3 is 0 Å². The molecule has 8 heteroatoms. The predicted molar refractivity (Wildman–Crippen MR) is 111 cm³/mol. The van der Waals surface area contributed by atoms with E-state index in [1.54, 1.807) is 6.92 Å². The smallest absolute Gasteiger partial charge is 0.241 e. The van der Waals surface area contributed by atoms with Crippen molar-refractivity contribution in [3.8, 4) is 0 Å². The largest absolute Gasteiger partial charge is 0.351 e. The maximum absolute atomic E-state index is 13.3. The molecule has 30 heavy (non-hydrogen) atoms. The van der Waals surface area contributed by atoms with Crippen LogP contribution in [-0.2, 0) is 16.1 Å². The highest BCUT2D eigenvalue weighted by Crippen LogP contribution is 2.15. The number of carbonyl (C=O) groups excluding carboxylic acids is 2. The highest BCUT2D eigenvalue weighted by Gasteiger charge is 2.26. The molecule has 1 atom stereocenters. The van der Waals surface area contributed by atoms with E-state index in [0.717, 1.165) is 17.7 Å². The van der Waals surface area contributed by atoms with Gasteiger partial charge in [-0.3, -0.25) is 19.4 Å². The van der Waals surface area contributed by atoms with Crippen LogP contribution < -0.4 is 10.6 Å². The van der Waals surface area contributed by atoms with Crippen LogP contribution in [0.25, 0.3) is 0 Å². The second-order valence-electron chi connectivity index (χ2n) is 7.37. The summed E-state index contributed by atoms with van der Waals surface area (Å²) in [5.41, 5.74) is 1.27. The Morgan fingerprint density at radius 2 is 1.70 bits per heavy atom. The number of anilines is 1. The third kappa shape index (κ3) is 6.08. The summed E-state index contributed by atoms with van der Waals surface area (Å²) in [4.78, 5) is 28.7. The Morgan fingerprint density at radius 1 is 1.00 bits per heavy atom. The first-order valence-corrected chi connectivity index (χ1v) is 9.95. The molecule has 2 amide bonds. The lowest BCUT2D eigenvalue weighted by atomic mass is 10.2. The molecule has 1 unspecified atom stereocenters. The van der Waals surface area contributed by atoms with Crippen LogP contribution >= 0.6 is 0 Å². The van der Waals surface area contributed by atoms with E-state index in [9.17, 15) is 18.4 Å². The number of nitrogens with one attached hydrogen (secondary N) is 2. The van der Waals surface area contributed by atoms with Crippen LogP contribution in [-0.4, -0.2) is 60.4 Å². The van der Waals surface area contributed by atoms with Crippen LogP contribution in [0.2, 0.25) is 0 Å². The van der Waals surface area contributed by atoms with Gasteiger partial charge in [-0.1, -0.05) is 30.3 Å². The van der Waals surface area contributed by atoms with Crippen LogP contribution in [0, 0.1) is 11.6 Å². The van der Waals surface area contributed by atoms with E-state index in [1.807, 2.05) is 35.2 Å². The molecular formula is C22H26F2N4O2. The molecule has 1 fully saturated rings. The maximum atomic E-state index is 13.3. The highest BCUT2D eigenvalue weighted by molar-refractivity contribution is 5.94. The molecule has 1 aliphatic heterocycles. The van der Waals surface area contributed by atoms with Gasteiger partial charge in [0, 0.05) is 44.5 Å². The maximum Gasteiger partial charge on any atom is 0.241 e. The fourth-order valence-electron chi connectivity index (χ4n) is 3.35. The first-order chi connectivity index (χ1) is 14.4. The van der Waals surface area contributed by atoms with Crippen molar-refractivity contribution in [3.05, 3.63) is 65.7 Å². The molecule has 2 N–H and O–H groups in total. The molecule has 1 aliphatic rings. The molecule has 160 valence electrons. The molecule has 2 aromatic rings. The van der Waals surface area contributed by atoms with Gasteiger partial charge < -0.3 is 10.6 Å². The summed E-state index contributed by atoms with van der Waals surface area (Å²) in [7, 11) is 0. The van der Waals surface area contributed by atoms with E-state index >= 15 is 0 Å². The van der Waals surface area contributed by atoms with Gasteiger partial charge in [0.15, 0.2) is 11.6 Å². The summed E-state index contributed by atoms with van der Waals surface area (Å²) in [6.45, 7) is 5.20. The summed E-state index contributed by atoms with van der Waals surface area (Å²) in [6.07, 6.45) is 0. The zero-order chi connectivity index (χ0) is 21.5. The minimum atomic E-state index is -1.00. The van der Waals surface area contributed by atoms with E-state index in [0.29, 0.717) is 39.3 Å². The number of rotatable bonds is 7. The van der Waals surface area contributed by atoms with Gasteiger partial charge in [0.05, 0.1) is 12.6 Å². The molecule has 1 saturated heterocycles. The SMILES string of the molecule is CC(C(=O)Nc1ccc(F)c(F)c1)N1CCN(CC(=O)NCc2ccccc2)CC1. The average Bonchev–Trinajstić information content (AvgIpc) is 2.75. The summed E-state index contributed by atoms with van der Waals surface area (Å²) in [5, 5.41) is 5.54. The van der Waals surface area contributed by atoms with Gasteiger partial charge in [-0.05, 0) is 24.6 Å². The van der Waals surface area contributed by atoms with Crippen molar-refractivity contribution < 1.29 is 18.4 Å². The Kier molecular flexibility index (Phi) is 7.48. The van der Waals surface area contributed by atoms with Crippen molar-refractivity contribution in [2.75, 3.05) is 38.0 Å². The number of piperazine rings is 1. The number of nitrogens with zero attached hydrogens (tertiary/aromatic N) is 2. The number of benzene rings is 2. The molecule has 0 saturated carbocycles. The number of halogens is 2. The lowest BCUT2D eigenvalue weighted by molar-refractivity contribution is -0.124. The molecule has 3 rings (SSSR count). The molecule has 0 radical (unpaired) electrons. The topological polar surface area (TPSA) is 64.7 Å². The van der Waals surface area contributed by atoms with E-state index in [1.165, 1.54) is 6.07 Å². The van der Waals surface area contributed by atoms with Gasteiger partial charge in [-0.25, -0.2) is 8.78 Å². The third-order valence-corrected chi connectivity index (χ3v) is 5.22. The van der Waals surface area contributed by atoms with Crippen molar-refractivity contribution >= 4 is 17.5 Å². The quantitative estimate of drug-likeness (QED) is 0.727. The minimum absolute atomic E-state index is 0.0311. The fourth-order valence-corrected chi connectivity index (χ4v) is 3.35.